The van der Waals surface area contributed by atoms with Crippen molar-refractivity contribution in [1.82, 2.24) is 36.6 Å². The smallest absolute Gasteiger partial charge is 0.408 e. The fraction of sp³-hybridized carbons (Fsp3) is 0.625. The van der Waals surface area contributed by atoms with Gasteiger partial charge in [-0.15, -0.1) is 0 Å². The van der Waals surface area contributed by atoms with Crippen LogP contribution in [0.2, 0.25) is 0 Å². The van der Waals surface area contributed by atoms with Gasteiger partial charge >= 0.3 is 6.09 Å². The lowest BCUT2D eigenvalue weighted by molar-refractivity contribution is -0.132. The second-order valence-corrected chi connectivity index (χ2v) is 15.6. The van der Waals surface area contributed by atoms with E-state index in [9.17, 15) is 29.1 Å². The number of rotatable bonds is 19. The molecule has 0 spiro atoms. The van der Waals surface area contributed by atoms with E-state index in [0.717, 1.165) is 37.7 Å². The summed E-state index contributed by atoms with van der Waals surface area (Å²) in [5.74, 6) is -0.987. The third kappa shape index (κ3) is 16.2. The highest BCUT2D eigenvalue weighted by Gasteiger charge is 2.31. The summed E-state index contributed by atoms with van der Waals surface area (Å²) >= 11 is 0. The largest absolute Gasteiger partial charge is 0.444 e. The number of aliphatic hydroxyl groups excluding tert-OH is 1. The van der Waals surface area contributed by atoms with E-state index in [2.05, 4.69) is 36.6 Å². The molecule has 0 bridgehead atoms. The lowest BCUT2D eigenvalue weighted by Gasteiger charge is -2.30. The van der Waals surface area contributed by atoms with Gasteiger partial charge < -0.3 is 42.2 Å². The van der Waals surface area contributed by atoms with Crippen LogP contribution in [0.3, 0.4) is 0 Å². The van der Waals surface area contributed by atoms with Crippen molar-refractivity contribution in [2.45, 2.75) is 142 Å². The molecule has 8 N–H and O–H groups in total. The predicted molar refractivity (Wildman–Crippen MR) is 209 cm³/mol. The molecule has 0 saturated heterocycles. The molecule has 15 heteroatoms. The predicted octanol–water partition coefficient (Wildman–Crippen LogP) is 3.36. The summed E-state index contributed by atoms with van der Waals surface area (Å²) in [6, 6.07) is 6.68. The van der Waals surface area contributed by atoms with Gasteiger partial charge in [-0.1, -0.05) is 82.7 Å². The number of nitrogen functional groups attached to an aromatic ring is 1. The second kappa shape index (κ2) is 21.9. The van der Waals surface area contributed by atoms with E-state index in [4.69, 9.17) is 10.5 Å². The minimum atomic E-state index is -1.22. The molecule has 3 rings (SSSR count). The fourth-order valence-corrected chi connectivity index (χ4v) is 6.51. The number of alkyl carbamates (subject to hydrolysis) is 1. The van der Waals surface area contributed by atoms with Crippen LogP contribution in [0.5, 0.6) is 0 Å². The Balaban J connectivity index is 1.61. The standard InChI is InChI=1S/C40H62N8O7/c1-7-25(2)35(38(53)44-24-29-23-43-26(3)45-36(29)41)48-34(51)22-32(49)30(20-27-14-10-8-11-15-27)46-33(50)18-19-42-37(52)31(21-28-16-12-9-13-17-28)47-39(54)55-40(4,5)6/h9,12-13,16-17,23,25,27,30-32,35,49H,7-8,10-11,14-15,18-22,24H2,1-6H3,(H,42,52)(H,44,53)(H,46,50)(H,47,54)(H,48,51)(H2,41,43,45)/t25-,30+,31+,32-,35-/m0/s1. The van der Waals surface area contributed by atoms with E-state index in [0.29, 0.717) is 24.2 Å². The zero-order chi connectivity index (χ0) is 40.5. The number of aryl methyl sites for hydroxylation is 1. The number of ether oxygens (including phenoxy) is 1. The molecule has 1 heterocycles. The molecule has 15 nitrogen and oxygen atoms in total. The molecule has 0 aliphatic heterocycles. The van der Waals surface area contributed by atoms with Gasteiger partial charge in [0.1, 0.15) is 29.3 Å². The molecule has 0 unspecified atom stereocenters. The van der Waals surface area contributed by atoms with E-state index >= 15 is 0 Å². The highest BCUT2D eigenvalue weighted by Crippen LogP contribution is 2.28. The lowest BCUT2D eigenvalue weighted by Crippen LogP contribution is -2.52. The molecule has 2 aromatic rings. The summed E-state index contributed by atoms with van der Waals surface area (Å²) < 4.78 is 5.36. The maximum absolute atomic E-state index is 13.3. The minimum absolute atomic E-state index is 0.0231. The first kappa shape index (κ1) is 44.6. The van der Waals surface area contributed by atoms with Gasteiger partial charge in [0.25, 0.3) is 0 Å². The van der Waals surface area contributed by atoms with Gasteiger partial charge in [-0.25, -0.2) is 14.8 Å². The fourth-order valence-electron chi connectivity index (χ4n) is 6.51. The number of amides is 5. The van der Waals surface area contributed by atoms with Crippen LogP contribution < -0.4 is 32.3 Å². The number of aliphatic hydroxyl groups is 1. The highest BCUT2D eigenvalue weighted by molar-refractivity contribution is 5.88. The van der Waals surface area contributed by atoms with Crippen LogP contribution >= 0.6 is 0 Å². The Morgan fingerprint density at radius 3 is 2.29 bits per heavy atom. The second-order valence-electron chi connectivity index (χ2n) is 15.6. The van der Waals surface area contributed by atoms with Crippen LogP contribution in [0.15, 0.2) is 36.5 Å². The normalized spacial score (nSPS) is 16.1. The van der Waals surface area contributed by atoms with Gasteiger partial charge in [0.15, 0.2) is 0 Å². The summed E-state index contributed by atoms with van der Waals surface area (Å²) in [5.41, 5.74) is 6.60. The van der Waals surface area contributed by atoms with Crippen molar-refractivity contribution in [2.75, 3.05) is 12.3 Å². The monoisotopic (exact) mass is 766 g/mol. The topological polar surface area (TPSA) is 227 Å². The third-order valence-corrected chi connectivity index (χ3v) is 9.74. The zero-order valence-electron chi connectivity index (χ0n) is 33.3. The average Bonchev–Trinajstić information content (AvgIpc) is 3.12. The van der Waals surface area contributed by atoms with Crippen LogP contribution in [0.4, 0.5) is 10.6 Å². The Bertz CT molecular complexity index is 1560. The van der Waals surface area contributed by atoms with Crippen molar-refractivity contribution >= 4 is 35.5 Å². The number of carbonyl (C=O) groups is 5. The average molecular weight is 767 g/mol. The first-order chi connectivity index (χ1) is 26.0. The highest BCUT2D eigenvalue weighted by atomic mass is 16.6. The molecule has 5 atom stereocenters. The van der Waals surface area contributed by atoms with E-state index in [1.807, 2.05) is 44.2 Å². The molecule has 55 heavy (non-hydrogen) atoms. The van der Waals surface area contributed by atoms with E-state index < -0.39 is 59.6 Å². The summed E-state index contributed by atoms with van der Waals surface area (Å²) in [4.78, 5) is 73.9. The maximum Gasteiger partial charge on any atom is 0.408 e. The van der Waals surface area contributed by atoms with Gasteiger partial charge in [-0.05, 0) is 51.5 Å². The van der Waals surface area contributed by atoms with Crippen molar-refractivity contribution in [3.63, 3.8) is 0 Å². The maximum atomic E-state index is 13.3. The van der Waals surface area contributed by atoms with E-state index in [1.165, 1.54) is 0 Å². The Morgan fingerprint density at radius 2 is 1.65 bits per heavy atom. The van der Waals surface area contributed by atoms with E-state index in [1.54, 1.807) is 33.9 Å². The van der Waals surface area contributed by atoms with Crippen molar-refractivity contribution in [2.24, 2.45) is 11.8 Å². The van der Waals surface area contributed by atoms with Crippen molar-refractivity contribution in [3.05, 3.63) is 53.5 Å². The number of nitrogens with two attached hydrogens (primary N) is 1. The molecule has 5 amide bonds. The Kier molecular flexibility index (Phi) is 17.8. The summed E-state index contributed by atoms with van der Waals surface area (Å²) in [5, 5.41) is 25.3. The van der Waals surface area contributed by atoms with Crippen molar-refractivity contribution < 1.29 is 33.8 Å². The third-order valence-electron chi connectivity index (χ3n) is 9.74. The quantitative estimate of drug-likeness (QED) is 0.110. The van der Waals surface area contributed by atoms with Crippen LogP contribution in [-0.4, -0.2) is 81.2 Å². The molecular formula is C40H62N8O7. The molecular weight excluding hydrogens is 704 g/mol. The van der Waals surface area contributed by atoms with Gasteiger partial charge in [0.2, 0.25) is 23.6 Å². The lowest BCUT2D eigenvalue weighted by atomic mass is 9.83. The minimum Gasteiger partial charge on any atom is -0.444 e. The molecule has 1 fully saturated rings. The van der Waals surface area contributed by atoms with Crippen LogP contribution in [0, 0.1) is 18.8 Å². The number of hydrogen-bond donors (Lipinski definition) is 7. The molecule has 304 valence electrons. The Labute approximate surface area is 325 Å². The number of carbonyl (C=O) groups excluding carboxylic acids is 5. The van der Waals surface area contributed by atoms with Gasteiger partial charge in [-0.3, -0.25) is 19.2 Å². The number of nitrogens with one attached hydrogen (secondary N) is 5. The Morgan fingerprint density at radius 1 is 0.964 bits per heavy atom. The van der Waals surface area contributed by atoms with Gasteiger partial charge in [0.05, 0.1) is 18.6 Å². The molecule has 1 saturated carbocycles. The molecule has 0 radical (unpaired) electrons. The van der Waals surface area contributed by atoms with Crippen molar-refractivity contribution in [3.8, 4) is 0 Å². The first-order valence-electron chi connectivity index (χ1n) is 19.5. The van der Waals surface area contributed by atoms with Crippen LogP contribution in [-0.2, 0) is 36.9 Å². The van der Waals surface area contributed by atoms with Gasteiger partial charge in [-0.2, -0.15) is 0 Å². The summed E-state index contributed by atoms with van der Waals surface area (Å²) in [6.45, 7) is 10.7. The molecule has 1 aromatic carbocycles. The zero-order valence-corrected chi connectivity index (χ0v) is 33.3. The molecule has 1 aliphatic carbocycles. The molecule has 1 aromatic heterocycles. The van der Waals surface area contributed by atoms with Crippen LogP contribution in [0.25, 0.3) is 0 Å². The summed E-state index contributed by atoms with van der Waals surface area (Å²) in [7, 11) is 0. The summed E-state index contributed by atoms with van der Waals surface area (Å²) in [6.07, 6.45) is 5.65. The Hall–Kier alpha value is -4.79. The number of nitrogens with zero attached hydrogens (tertiary/aromatic N) is 2. The first-order valence-corrected chi connectivity index (χ1v) is 19.5. The SMILES string of the molecule is CC[C@H](C)[C@H](NC(=O)C[C@H](O)[C@@H](CC1CCCCC1)NC(=O)CCNC(=O)[C@@H](Cc1ccccc1)NC(=O)OC(C)(C)C)C(=O)NCc1cnc(C)nc1N. The number of hydrogen-bond acceptors (Lipinski definition) is 10. The van der Waals surface area contributed by atoms with E-state index in [-0.39, 0.29) is 50.0 Å². The van der Waals surface area contributed by atoms with Gasteiger partial charge in [0, 0.05) is 37.7 Å². The number of benzene rings is 1. The number of aromatic nitrogens is 2. The number of anilines is 1. The van der Waals surface area contributed by atoms with Crippen molar-refractivity contribution in [1.29, 1.82) is 0 Å². The molecule has 1 aliphatic rings. The van der Waals surface area contributed by atoms with Crippen LogP contribution in [0.1, 0.15) is 109 Å².